The maximum atomic E-state index is 6.39. The zero-order valence-electron chi connectivity index (χ0n) is 13.4. The van der Waals surface area contributed by atoms with Crippen LogP contribution in [0.15, 0.2) is 0 Å². The average Bonchev–Trinajstić information content (AvgIpc) is 3.14. The molecule has 3 aliphatic rings. The lowest BCUT2D eigenvalue weighted by Gasteiger charge is -2.37. The molecule has 1 heterocycles. The van der Waals surface area contributed by atoms with Crippen LogP contribution in [0, 0.1) is 0 Å². The molecule has 3 rings (SSSR count). The Morgan fingerprint density at radius 2 is 1.65 bits per heavy atom. The van der Waals surface area contributed by atoms with E-state index in [1.807, 2.05) is 0 Å². The van der Waals surface area contributed by atoms with Gasteiger partial charge < -0.3 is 15.0 Å². The number of nitrogens with one attached hydrogen (secondary N) is 1. The molecule has 0 aromatic rings. The summed E-state index contributed by atoms with van der Waals surface area (Å²) >= 11 is 0. The normalized spacial score (nSPS) is 31.6. The molecule has 1 spiro atoms. The smallest absolute Gasteiger partial charge is 0.0708 e. The Morgan fingerprint density at radius 3 is 2.30 bits per heavy atom. The summed E-state index contributed by atoms with van der Waals surface area (Å²) in [6.45, 7) is 2.18. The first kappa shape index (κ1) is 14.8. The van der Waals surface area contributed by atoms with Crippen LogP contribution in [0.3, 0.4) is 0 Å². The lowest BCUT2D eigenvalue weighted by molar-refractivity contribution is -0.0359. The molecule has 3 heteroatoms. The number of likely N-dealkylation sites (N-methyl/N-ethyl adjacent to an activating group) is 1. The molecule has 1 N–H and O–H groups in total. The van der Waals surface area contributed by atoms with E-state index in [4.69, 9.17) is 4.74 Å². The van der Waals surface area contributed by atoms with Crippen LogP contribution >= 0.6 is 0 Å². The van der Waals surface area contributed by atoms with Gasteiger partial charge in [-0.3, -0.25) is 0 Å². The van der Waals surface area contributed by atoms with Gasteiger partial charge in [-0.2, -0.15) is 0 Å². The second kappa shape index (κ2) is 5.94. The number of ether oxygens (including phenoxy) is 1. The molecule has 0 aromatic carbocycles. The summed E-state index contributed by atoms with van der Waals surface area (Å²) in [5.74, 6) is 0. The van der Waals surface area contributed by atoms with Crippen molar-refractivity contribution in [3.8, 4) is 0 Å². The summed E-state index contributed by atoms with van der Waals surface area (Å²) in [7, 11) is 4.49. The highest BCUT2D eigenvalue weighted by atomic mass is 16.5. The molecule has 0 bridgehead atoms. The number of nitrogens with zero attached hydrogens (tertiary/aromatic N) is 1. The van der Waals surface area contributed by atoms with Crippen LogP contribution < -0.4 is 5.32 Å². The second-order valence-electron chi connectivity index (χ2n) is 7.63. The minimum atomic E-state index is 0.291. The minimum Gasteiger partial charge on any atom is -0.370 e. The molecular weight excluding hydrogens is 248 g/mol. The first-order valence-corrected chi connectivity index (χ1v) is 8.70. The van der Waals surface area contributed by atoms with Gasteiger partial charge in [0, 0.05) is 18.6 Å². The topological polar surface area (TPSA) is 24.5 Å². The quantitative estimate of drug-likeness (QED) is 0.838. The van der Waals surface area contributed by atoms with Crippen LogP contribution in [-0.4, -0.2) is 49.3 Å². The molecule has 1 aliphatic heterocycles. The highest BCUT2D eigenvalue weighted by molar-refractivity contribution is 4.96. The highest BCUT2D eigenvalue weighted by Gasteiger charge is 2.42. The van der Waals surface area contributed by atoms with Crippen molar-refractivity contribution in [3.05, 3.63) is 0 Å². The van der Waals surface area contributed by atoms with E-state index in [-0.39, 0.29) is 0 Å². The Balaban J connectivity index is 1.44. The zero-order chi connectivity index (χ0) is 14.1. The van der Waals surface area contributed by atoms with E-state index in [1.54, 1.807) is 0 Å². The molecule has 0 radical (unpaired) electrons. The highest BCUT2D eigenvalue weighted by Crippen LogP contribution is 2.43. The van der Waals surface area contributed by atoms with Gasteiger partial charge in [0.05, 0.1) is 11.7 Å². The first-order chi connectivity index (χ1) is 9.64. The van der Waals surface area contributed by atoms with E-state index in [1.165, 1.54) is 64.2 Å². The van der Waals surface area contributed by atoms with Crippen LogP contribution in [0.2, 0.25) is 0 Å². The average molecular weight is 280 g/mol. The molecule has 0 amide bonds. The molecular formula is C17H32N2O. The summed E-state index contributed by atoms with van der Waals surface area (Å²) in [6.07, 6.45) is 13.9. The SMILES string of the molecule is CN(C)C1(CNCC2CCC3(CCCC3)O2)CCCC1. The predicted molar refractivity (Wildman–Crippen MR) is 83.1 cm³/mol. The van der Waals surface area contributed by atoms with Crippen LogP contribution in [0.4, 0.5) is 0 Å². The minimum absolute atomic E-state index is 0.291. The summed E-state index contributed by atoms with van der Waals surface area (Å²) in [4.78, 5) is 2.45. The van der Waals surface area contributed by atoms with Crippen molar-refractivity contribution < 1.29 is 4.74 Å². The molecule has 1 saturated heterocycles. The van der Waals surface area contributed by atoms with E-state index in [9.17, 15) is 0 Å². The maximum absolute atomic E-state index is 6.39. The Morgan fingerprint density at radius 1 is 1.00 bits per heavy atom. The van der Waals surface area contributed by atoms with Crippen LogP contribution in [-0.2, 0) is 4.74 Å². The monoisotopic (exact) mass is 280 g/mol. The molecule has 3 fully saturated rings. The van der Waals surface area contributed by atoms with Crippen molar-refractivity contribution in [2.75, 3.05) is 27.2 Å². The molecule has 1 atom stereocenters. The Labute approximate surface area is 124 Å². The molecule has 2 aliphatic carbocycles. The summed E-state index contributed by atoms with van der Waals surface area (Å²) < 4.78 is 6.39. The lowest BCUT2D eigenvalue weighted by Crippen LogP contribution is -2.50. The first-order valence-electron chi connectivity index (χ1n) is 8.70. The molecule has 116 valence electrons. The predicted octanol–water partition coefficient (Wildman–Crippen LogP) is 2.94. The fourth-order valence-corrected chi connectivity index (χ4v) is 4.71. The zero-order valence-corrected chi connectivity index (χ0v) is 13.4. The van der Waals surface area contributed by atoms with E-state index < -0.39 is 0 Å². The molecule has 20 heavy (non-hydrogen) atoms. The molecule has 0 aromatic heterocycles. The van der Waals surface area contributed by atoms with E-state index in [0.717, 1.165) is 13.1 Å². The maximum Gasteiger partial charge on any atom is 0.0708 e. The molecule has 2 saturated carbocycles. The number of hydrogen-bond acceptors (Lipinski definition) is 3. The fourth-order valence-electron chi connectivity index (χ4n) is 4.71. The van der Waals surface area contributed by atoms with Gasteiger partial charge in [-0.25, -0.2) is 0 Å². The molecule has 3 nitrogen and oxygen atoms in total. The Bertz CT molecular complexity index is 317. The largest absolute Gasteiger partial charge is 0.370 e. The molecule has 1 unspecified atom stereocenters. The third-order valence-electron chi connectivity index (χ3n) is 6.16. The van der Waals surface area contributed by atoms with Crippen molar-refractivity contribution in [3.63, 3.8) is 0 Å². The second-order valence-corrected chi connectivity index (χ2v) is 7.63. The van der Waals surface area contributed by atoms with Gasteiger partial charge in [-0.1, -0.05) is 25.7 Å². The van der Waals surface area contributed by atoms with Crippen molar-refractivity contribution in [1.29, 1.82) is 0 Å². The summed E-state index contributed by atoms with van der Waals surface area (Å²) in [6, 6.07) is 0. The Hall–Kier alpha value is -0.120. The van der Waals surface area contributed by atoms with Crippen LogP contribution in [0.5, 0.6) is 0 Å². The third-order valence-corrected chi connectivity index (χ3v) is 6.16. The van der Waals surface area contributed by atoms with Crippen molar-refractivity contribution >= 4 is 0 Å². The van der Waals surface area contributed by atoms with Crippen LogP contribution in [0.25, 0.3) is 0 Å². The van der Waals surface area contributed by atoms with Gasteiger partial charge >= 0.3 is 0 Å². The van der Waals surface area contributed by atoms with E-state index >= 15 is 0 Å². The third kappa shape index (κ3) is 2.90. The standard InChI is InChI=1S/C17H32N2O/c1-19(2)16(8-3-4-9-16)14-18-13-15-7-12-17(20-15)10-5-6-11-17/h15,18H,3-14H2,1-2H3. The summed E-state index contributed by atoms with van der Waals surface area (Å²) in [5, 5.41) is 3.73. The van der Waals surface area contributed by atoms with Gasteiger partial charge in [-0.15, -0.1) is 0 Å². The van der Waals surface area contributed by atoms with E-state index in [0.29, 0.717) is 17.2 Å². The fraction of sp³-hybridized carbons (Fsp3) is 1.00. The lowest BCUT2D eigenvalue weighted by atomic mass is 9.96. The van der Waals surface area contributed by atoms with Crippen molar-refractivity contribution in [2.24, 2.45) is 0 Å². The van der Waals surface area contributed by atoms with Crippen LogP contribution in [0.1, 0.15) is 64.2 Å². The van der Waals surface area contributed by atoms with Gasteiger partial charge in [0.1, 0.15) is 0 Å². The van der Waals surface area contributed by atoms with Crippen molar-refractivity contribution in [2.45, 2.75) is 81.5 Å². The van der Waals surface area contributed by atoms with Crippen molar-refractivity contribution in [1.82, 2.24) is 10.2 Å². The number of hydrogen-bond donors (Lipinski definition) is 1. The van der Waals surface area contributed by atoms with Gasteiger partial charge in [-0.05, 0) is 52.6 Å². The number of rotatable bonds is 5. The van der Waals surface area contributed by atoms with Gasteiger partial charge in [0.2, 0.25) is 0 Å². The Kier molecular flexibility index (Phi) is 4.40. The van der Waals surface area contributed by atoms with Gasteiger partial charge in [0.25, 0.3) is 0 Å². The van der Waals surface area contributed by atoms with Gasteiger partial charge in [0.15, 0.2) is 0 Å². The van der Waals surface area contributed by atoms with E-state index in [2.05, 4.69) is 24.3 Å². The summed E-state index contributed by atoms with van der Waals surface area (Å²) in [5.41, 5.74) is 0.697.